The third kappa shape index (κ3) is 3.79. The summed E-state index contributed by atoms with van der Waals surface area (Å²) in [6.45, 7) is 1.98. The van der Waals surface area contributed by atoms with Gasteiger partial charge < -0.3 is 0 Å². The first-order valence-electron chi connectivity index (χ1n) is 8.86. The number of hydrogen-bond acceptors (Lipinski definition) is 4. The number of aryl methyl sites for hydroxylation is 1. The topological polar surface area (TPSA) is 60.7 Å². The quantitative estimate of drug-likeness (QED) is 0.426. The van der Waals surface area contributed by atoms with Crippen LogP contribution in [0.4, 0.5) is 0 Å². The molecule has 0 fully saturated rings. The van der Waals surface area contributed by atoms with Gasteiger partial charge in [-0.15, -0.1) is 0 Å². The number of benzene rings is 1. The van der Waals surface area contributed by atoms with Gasteiger partial charge in [0, 0.05) is 30.6 Å². The fraction of sp³-hybridized carbons (Fsp3) is 0.0909. The lowest BCUT2D eigenvalue weighted by Crippen LogP contribution is -2.23. The average Bonchev–Trinajstić information content (AvgIpc) is 2.69. The molecule has 4 rings (SSSR count). The maximum atomic E-state index is 13.5. The van der Waals surface area contributed by atoms with Crippen LogP contribution in [0.2, 0.25) is 10.3 Å². The molecule has 1 aromatic carbocycles. The number of aromatic nitrogens is 4. The molecule has 0 bridgehead atoms. The normalized spacial score (nSPS) is 10.9. The zero-order valence-corrected chi connectivity index (χ0v) is 17.2. The van der Waals surface area contributed by atoms with Gasteiger partial charge in [-0.1, -0.05) is 53.0 Å². The van der Waals surface area contributed by atoms with Gasteiger partial charge >= 0.3 is 0 Å². The Bertz CT molecular complexity index is 1280. The van der Waals surface area contributed by atoms with Gasteiger partial charge in [-0.2, -0.15) is 0 Å². The number of nitrogens with zero attached hydrogens (tertiary/aromatic N) is 4. The lowest BCUT2D eigenvalue weighted by molar-refractivity contribution is 0.842. The number of pyridine rings is 2. The zero-order valence-electron chi connectivity index (χ0n) is 15.7. The van der Waals surface area contributed by atoms with Crippen LogP contribution in [0.1, 0.15) is 5.56 Å². The number of rotatable bonds is 3. The molecule has 5 nitrogen and oxygen atoms in total. The van der Waals surface area contributed by atoms with Crippen LogP contribution in [-0.4, -0.2) is 19.5 Å². The van der Waals surface area contributed by atoms with Crippen molar-refractivity contribution in [2.24, 2.45) is 7.05 Å². The monoisotopic (exact) mass is 422 g/mol. The highest BCUT2D eigenvalue weighted by Crippen LogP contribution is 2.31. The Kier molecular flexibility index (Phi) is 5.18. The molecule has 3 aromatic heterocycles. The highest BCUT2D eigenvalue weighted by atomic mass is 35.5. The molecule has 0 aliphatic heterocycles. The van der Waals surface area contributed by atoms with Gasteiger partial charge in [-0.3, -0.25) is 9.36 Å². The van der Waals surface area contributed by atoms with Crippen molar-refractivity contribution in [2.45, 2.75) is 6.92 Å². The molecule has 0 spiro atoms. The second-order valence-electron chi connectivity index (χ2n) is 6.63. The average molecular weight is 423 g/mol. The van der Waals surface area contributed by atoms with Gasteiger partial charge in [0.15, 0.2) is 0 Å². The Labute approximate surface area is 177 Å². The van der Waals surface area contributed by atoms with Crippen LogP contribution in [-0.2, 0) is 7.05 Å². The van der Waals surface area contributed by atoms with Gasteiger partial charge in [0.2, 0.25) is 0 Å². The van der Waals surface area contributed by atoms with Crippen LogP contribution in [0.25, 0.3) is 33.8 Å². The molecule has 7 heteroatoms. The number of hydrogen-bond donors (Lipinski definition) is 0. The van der Waals surface area contributed by atoms with Crippen molar-refractivity contribution < 1.29 is 0 Å². The van der Waals surface area contributed by atoms with Gasteiger partial charge in [0.25, 0.3) is 5.56 Å². The van der Waals surface area contributed by atoms with Crippen LogP contribution < -0.4 is 5.56 Å². The third-order valence-electron chi connectivity index (χ3n) is 4.58. The molecule has 0 aliphatic carbocycles. The molecular formula is C22H16Cl2N4O. The summed E-state index contributed by atoms with van der Waals surface area (Å²) in [4.78, 5) is 26.4. The van der Waals surface area contributed by atoms with Gasteiger partial charge in [-0.25, -0.2) is 15.0 Å². The van der Waals surface area contributed by atoms with E-state index >= 15 is 0 Å². The standard InChI is InChI=1S/C22H16Cl2N4O/c1-13-4-3-5-14(10-13)19-20(15-6-8-25-17(23)11-15)27-21(28(2)22(19)29)16-7-9-26-18(24)12-16/h3-12H,1-2H3. The highest BCUT2D eigenvalue weighted by molar-refractivity contribution is 6.30. The van der Waals surface area contributed by atoms with Crippen LogP contribution >= 0.6 is 23.2 Å². The molecule has 3 heterocycles. The van der Waals surface area contributed by atoms with Crippen molar-refractivity contribution in [1.29, 1.82) is 0 Å². The molecule has 0 radical (unpaired) electrons. The Morgan fingerprint density at radius 3 is 2.17 bits per heavy atom. The lowest BCUT2D eigenvalue weighted by atomic mass is 9.99. The van der Waals surface area contributed by atoms with E-state index in [4.69, 9.17) is 28.2 Å². The number of halogens is 2. The molecule has 29 heavy (non-hydrogen) atoms. The molecule has 0 saturated heterocycles. The molecule has 0 saturated carbocycles. The van der Waals surface area contributed by atoms with Crippen LogP contribution in [0.3, 0.4) is 0 Å². The first kappa shape index (κ1) is 19.3. The van der Waals surface area contributed by atoms with E-state index in [1.165, 1.54) is 4.57 Å². The third-order valence-corrected chi connectivity index (χ3v) is 5.00. The predicted octanol–water partition coefficient (Wildman–Crippen LogP) is 5.19. The second kappa shape index (κ2) is 7.78. The van der Waals surface area contributed by atoms with E-state index in [0.717, 1.165) is 11.1 Å². The minimum atomic E-state index is -0.170. The van der Waals surface area contributed by atoms with Gasteiger partial charge in [0.1, 0.15) is 16.1 Å². The summed E-state index contributed by atoms with van der Waals surface area (Å²) in [7, 11) is 1.70. The SMILES string of the molecule is Cc1cccc(-c2c(-c3ccnc(Cl)c3)nc(-c3ccnc(Cl)c3)n(C)c2=O)c1. The second-order valence-corrected chi connectivity index (χ2v) is 7.40. The van der Waals surface area contributed by atoms with Gasteiger partial charge in [-0.05, 0) is 36.8 Å². The Morgan fingerprint density at radius 1 is 0.862 bits per heavy atom. The summed E-state index contributed by atoms with van der Waals surface area (Å²) in [6.07, 6.45) is 3.18. The first-order chi connectivity index (χ1) is 13.9. The van der Waals surface area contributed by atoms with E-state index in [2.05, 4.69) is 9.97 Å². The Hall–Kier alpha value is -3.02. The molecule has 144 valence electrons. The van der Waals surface area contributed by atoms with E-state index in [1.54, 1.807) is 43.7 Å². The molecule has 0 unspecified atom stereocenters. The summed E-state index contributed by atoms with van der Waals surface area (Å²) < 4.78 is 1.52. The minimum absolute atomic E-state index is 0.170. The summed E-state index contributed by atoms with van der Waals surface area (Å²) in [5, 5.41) is 0.654. The zero-order chi connectivity index (χ0) is 20.5. The molecule has 0 amide bonds. The smallest absolute Gasteiger partial charge is 0.262 e. The van der Waals surface area contributed by atoms with E-state index in [0.29, 0.717) is 38.5 Å². The molecule has 0 aliphatic rings. The van der Waals surface area contributed by atoms with Crippen molar-refractivity contribution in [2.75, 3.05) is 0 Å². The van der Waals surface area contributed by atoms with Crippen LogP contribution in [0.15, 0.2) is 65.7 Å². The first-order valence-corrected chi connectivity index (χ1v) is 9.61. The van der Waals surface area contributed by atoms with Crippen LogP contribution in [0.5, 0.6) is 0 Å². The lowest BCUT2D eigenvalue weighted by Gasteiger charge is -2.15. The van der Waals surface area contributed by atoms with Crippen molar-refractivity contribution in [3.8, 4) is 33.8 Å². The van der Waals surface area contributed by atoms with Crippen molar-refractivity contribution in [3.63, 3.8) is 0 Å². The van der Waals surface area contributed by atoms with E-state index < -0.39 is 0 Å². The summed E-state index contributed by atoms with van der Waals surface area (Å²) in [5.74, 6) is 0.485. The van der Waals surface area contributed by atoms with E-state index in [-0.39, 0.29) is 5.56 Å². The molecular weight excluding hydrogens is 407 g/mol. The largest absolute Gasteiger partial charge is 0.295 e. The van der Waals surface area contributed by atoms with Crippen molar-refractivity contribution in [3.05, 3.63) is 87.1 Å². The summed E-state index contributed by atoms with van der Waals surface area (Å²) in [5.41, 5.74) is 4.11. The maximum Gasteiger partial charge on any atom is 0.262 e. The fourth-order valence-electron chi connectivity index (χ4n) is 3.22. The molecule has 4 aromatic rings. The van der Waals surface area contributed by atoms with E-state index in [9.17, 15) is 4.79 Å². The predicted molar refractivity (Wildman–Crippen MR) is 116 cm³/mol. The maximum absolute atomic E-state index is 13.5. The molecule has 0 atom stereocenters. The van der Waals surface area contributed by atoms with E-state index in [1.807, 2.05) is 31.2 Å². The Balaban J connectivity index is 2.08. The fourth-order valence-corrected chi connectivity index (χ4v) is 3.57. The minimum Gasteiger partial charge on any atom is -0.295 e. The summed E-state index contributed by atoms with van der Waals surface area (Å²) >= 11 is 12.2. The van der Waals surface area contributed by atoms with Crippen molar-refractivity contribution >= 4 is 23.2 Å². The summed E-state index contributed by atoms with van der Waals surface area (Å²) in [6, 6.07) is 14.7. The Morgan fingerprint density at radius 2 is 1.52 bits per heavy atom. The molecule has 0 N–H and O–H groups in total. The van der Waals surface area contributed by atoms with Gasteiger partial charge in [0.05, 0.1) is 11.3 Å². The van der Waals surface area contributed by atoms with Crippen molar-refractivity contribution in [1.82, 2.24) is 19.5 Å². The van der Waals surface area contributed by atoms with Crippen LogP contribution in [0, 0.1) is 6.92 Å². The highest BCUT2D eigenvalue weighted by Gasteiger charge is 2.19.